The Balaban J connectivity index is 1.75. The SMILES string of the molecule is O=C1CN=C(c2ccc3[nH]c(-c4ncn[nH]4)cc3c2)NN1. The molecule has 0 saturated carbocycles. The fraction of sp³-hybridized carbons (Fsp3) is 0.0769. The first-order valence-corrected chi connectivity index (χ1v) is 6.38. The zero-order valence-corrected chi connectivity index (χ0v) is 10.8. The summed E-state index contributed by atoms with van der Waals surface area (Å²) >= 11 is 0. The monoisotopic (exact) mass is 281 g/mol. The van der Waals surface area contributed by atoms with Crippen molar-refractivity contribution in [1.82, 2.24) is 31.0 Å². The van der Waals surface area contributed by atoms with Crippen molar-refractivity contribution in [2.24, 2.45) is 4.99 Å². The van der Waals surface area contributed by atoms with Crippen molar-refractivity contribution >= 4 is 22.6 Å². The Labute approximate surface area is 118 Å². The van der Waals surface area contributed by atoms with Crippen LogP contribution in [0.1, 0.15) is 5.56 Å². The van der Waals surface area contributed by atoms with E-state index in [4.69, 9.17) is 0 Å². The molecule has 1 aromatic carbocycles. The molecule has 0 fully saturated rings. The highest BCUT2D eigenvalue weighted by Gasteiger charge is 2.13. The molecule has 4 rings (SSSR count). The molecule has 104 valence electrons. The Hall–Kier alpha value is -3.16. The van der Waals surface area contributed by atoms with Gasteiger partial charge in [-0.2, -0.15) is 5.10 Å². The summed E-state index contributed by atoms with van der Waals surface area (Å²) in [6, 6.07) is 7.88. The molecule has 0 aliphatic carbocycles. The molecule has 0 spiro atoms. The van der Waals surface area contributed by atoms with Gasteiger partial charge < -0.3 is 4.98 Å². The van der Waals surface area contributed by atoms with Crippen LogP contribution in [-0.4, -0.2) is 38.5 Å². The summed E-state index contributed by atoms with van der Waals surface area (Å²) in [7, 11) is 0. The van der Waals surface area contributed by atoms with Crippen LogP contribution in [0, 0.1) is 0 Å². The van der Waals surface area contributed by atoms with Crippen LogP contribution < -0.4 is 10.9 Å². The Morgan fingerprint density at radius 2 is 2.10 bits per heavy atom. The number of amides is 1. The van der Waals surface area contributed by atoms with E-state index in [1.165, 1.54) is 6.33 Å². The predicted molar refractivity (Wildman–Crippen MR) is 76.4 cm³/mol. The smallest absolute Gasteiger partial charge is 0.260 e. The largest absolute Gasteiger partial charge is 0.352 e. The number of carbonyl (C=O) groups excluding carboxylic acids is 1. The van der Waals surface area contributed by atoms with E-state index in [-0.39, 0.29) is 12.5 Å². The molecule has 0 saturated heterocycles. The molecule has 3 aromatic rings. The number of aliphatic imine (C=N–C) groups is 1. The Bertz CT molecular complexity index is 847. The fourth-order valence-electron chi connectivity index (χ4n) is 2.27. The topological polar surface area (TPSA) is 111 Å². The first-order chi connectivity index (χ1) is 10.3. The number of carbonyl (C=O) groups is 1. The van der Waals surface area contributed by atoms with Gasteiger partial charge in [0.2, 0.25) is 0 Å². The third kappa shape index (κ3) is 2.02. The van der Waals surface area contributed by atoms with E-state index in [1.54, 1.807) is 0 Å². The third-order valence-corrected chi connectivity index (χ3v) is 3.27. The van der Waals surface area contributed by atoms with Gasteiger partial charge in [0.25, 0.3) is 5.91 Å². The van der Waals surface area contributed by atoms with Gasteiger partial charge in [0.1, 0.15) is 18.7 Å². The van der Waals surface area contributed by atoms with Gasteiger partial charge in [0, 0.05) is 16.5 Å². The molecule has 0 bridgehead atoms. The minimum Gasteiger partial charge on any atom is -0.352 e. The molecular weight excluding hydrogens is 270 g/mol. The molecule has 8 heteroatoms. The van der Waals surface area contributed by atoms with Gasteiger partial charge in [0.15, 0.2) is 5.82 Å². The standard InChI is InChI=1S/C13H11N7O/c21-11-5-14-12(20-18-11)7-1-2-9-8(3-7)4-10(17-9)13-15-6-16-19-13/h1-4,6,17H,5H2,(H,14,20)(H,18,21)(H,15,16,19). The summed E-state index contributed by atoms with van der Waals surface area (Å²) in [5.74, 6) is 1.20. The second-order valence-corrected chi connectivity index (χ2v) is 4.66. The number of rotatable bonds is 2. The number of hydrogen-bond donors (Lipinski definition) is 4. The molecule has 1 aliphatic heterocycles. The van der Waals surface area contributed by atoms with Crippen molar-refractivity contribution < 1.29 is 4.79 Å². The molecule has 0 unspecified atom stereocenters. The highest BCUT2D eigenvalue weighted by atomic mass is 16.2. The summed E-state index contributed by atoms with van der Waals surface area (Å²) in [5.41, 5.74) is 8.12. The number of H-pyrrole nitrogens is 2. The number of hydrogen-bond acceptors (Lipinski definition) is 5. The minimum atomic E-state index is -0.144. The number of nitrogens with zero attached hydrogens (tertiary/aromatic N) is 3. The van der Waals surface area contributed by atoms with Gasteiger partial charge in [-0.3, -0.25) is 25.7 Å². The van der Waals surface area contributed by atoms with Crippen LogP contribution in [-0.2, 0) is 4.79 Å². The van der Waals surface area contributed by atoms with Gasteiger partial charge in [0.05, 0.1) is 5.69 Å². The van der Waals surface area contributed by atoms with Crippen LogP contribution in [0.4, 0.5) is 0 Å². The maximum absolute atomic E-state index is 11.1. The number of nitrogens with one attached hydrogen (secondary N) is 4. The fourth-order valence-corrected chi connectivity index (χ4v) is 2.27. The normalized spacial score (nSPS) is 14.7. The zero-order chi connectivity index (χ0) is 14.2. The number of fused-ring (bicyclic) bond motifs is 1. The Morgan fingerprint density at radius 1 is 1.14 bits per heavy atom. The molecule has 3 heterocycles. The van der Waals surface area contributed by atoms with Crippen molar-refractivity contribution in [3.63, 3.8) is 0 Å². The van der Waals surface area contributed by atoms with Gasteiger partial charge in [-0.15, -0.1) is 0 Å². The van der Waals surface area contributed by atoms with Crippen LogP contribution in [0.2, 0.25) is 0 Å². The molecule has 8 nitrogen and oxygen atoms in total. The number of amidine groups is 1. The van der Waals surface area contributed by atoms with Gasteiger partial charge in [-0.05, 0) is 24.3 Å². The lowest BCUT2D eigenvalue weighted by Gasteiger charge is -2.15. The number of aromatic nitrogens is 4. The molecule has 2 aromatic heterocycles. The third-order valence-electron chi connectivity index (χ3n) is 3.27. The van der Waals surface area contributed by atoms with Crippen LogP contribution >= 0.6 is 0 Å². The molecule has 1 aliphatic rings. The van der Waals surface area contributed by atoms with Crippen LogP contribution in [0.5, 0.6) is 0 Å². The van der Waals surface area contributed by atoms with Crippen LogP contribution in [0.15, 0.2) is 35.6 Å². The summed E-state index contributed by atoms with van der Waals surface area (Å²) in [4.78, 5) is 22.7. The maximum Gasteiger partial charge on any atom is 0.260 e. The summed E-state index contributed by atoms with van der Waals surface area (Å²) in [6.45, 7) is 0.136. The van der Waals surface area contributed by atoms with Crippen LogP contribution in [0.3, 0.4) is 0 Å². The zero-order valence-electron chi connectivity index (χ0n) is 10.8. The maximum atomic E-state index is 11.1. The predicted octanol–water partition coefficient (Wildman–Crippen LogP) is 0.334. The summed E-state index contributed by atoms with van der Waals surface area (Å²) < 4.78 is 0. The Morgan fingerprint density at radius 3 is 2.86 bits per heavy atom. The van der Waals surface area contributed by atoms with E-state index in [9.17, 15) is 4.79 Å². The highest BCUT2D eigenvalue weighted by Crippen LogP contribution is 2.22. The first-order valence-electron chi connectivity index (χ1n) is 6.38. The van der Waals surface area contributed by atoms with E-state index in [0.29, 0.717) is 11.7 Å². The average molecular weight is 281 g/mol. The molecule has 0 radical (unpaired) electrons. The lowest BCUT2D eigenvalue weighted by Crippen LogP contribution is -2.47. The van der Waals surface area contributed by atoms with Crippen molar-refractivity contribution in [3.05, 3.63) is 36.2 Å². The number of hydrazine groups is 1. The number of aromatic amines is 2. The van der Waals surface area contributed by atoms with Crippen LogP contribution in [0.25, 0.3) is 22.4 Å². The van der Waals surface area contributed by atoms with Gasteiger partial charge >= 0.3 is 0 Å². The van der Waals surface area contributed by atoms with Crippen molar-refractivity contribution in [1.29, 1.82) is 0 Å². The second kappa shape index (κ2) is 4.44. The highest BCUT2D eigenvalue weighted by molar-refractivity contribution is 6.05. The molecule has 0 atom stereocenters. The van der Waals surface area contributed by atoms with E-state index < -0.39 is 0 Å². The van der Waals surface area contributed by atoms with Crippen molar-refractivity contribution in [3.8, 4) is 11.5 Å². The summed E-state index contributed by atoms with van der Waals surface area (Å²) in [6.07, 6.45) is 1.47. The molecular formula is C13H11N7O. The van der Waals surface area contributed by atoms with Crippen molar-refractivity contribution in [2.45, 2.75) is 0 Å². The second-order valence-electron chi connectivity index (χ2n) is 4.66. The van der Waals surface area contributed by atoms with E-state index in [2.05, 4.69) is 36.0 Å². The minimum absolute atomic E-state index is 0.136. The quantitative estimate of drug-likeness (QED) is 0.542. The molecule has 21 heavy (non-hydrogen) atoms. The lowest BCUT2D eigenvalue weighted by atomic mass is 10.1. The van der Waals surface area contributed by atoms with E-state index >= 15 is 0 Å². The van der Waals surface area contributed by atoms with Gasteiger partial charge in [-0.25, -0.2) is 4.98 Å². The van der Waals surface area contributed by atoms with Crippen molar-refractivity contribution in [2.75, 3.05) is 6.54 Å². The van der Waals surface area contributed by atoms with E-state index in [1.807, 2.05) is 24.3 Å². The number of benzene rings is 1. The Kier molecular flexibility index (Phi) is 2.46. The summed E-state index contributed by atoms with van der Waals surface area (Å²) in [5, 5.41) is 7.69. The molecule has 4 N–H and O–H groups in total. The van der Waals surface area contributed by atoms with E-state index in [0.717, 1.165) is 22.2 Å². The lowest BCUT2D eigenvalue weighted by molar-refractivity contribution is -0.120. The molecule has 1 amide bonds. The first kappa shape index (κ1) is 11.6. The van der Waals surface area contributed by atoms with Gasteiger partial charge in [-0.1, -0.05) is 0 Å². The average Bonchev–Trinajstić information content (AvgIpc) is 3.16.